The molecule has 0 saturated carbocycles. The zero-order valence-electron chi connectivity index (χ0n) is 15.8. The van der Waals surface area contributed by atoms with Crippen LogP contribution in [-0.2, 0) is 9.59 Å². The molecule has 0 atom stereocenters. The Kier molecular flexibility index (Phi) is 8.41. The summed E-state index contributed by atoms with van der Waals surface area (Å²) in [5.74, 6) is -0.448. The highest BCUT2D eigenvalue weighted by Gasteiger charge is 2.14. The van der Waals surface area contributed by atoms with Crippen molar-refractivity contribution in [3.8, 4) is 5.75 Å². The Morgan fingerprint density at radius 3 is 2.50 bits per heavy atom. The third-order valence-corrected chi connectivity index (χ3v) is 4.55. The minimum absolute atomic E-state index is 0.130. The van der Waals surface area contributed by atoms with Crippen LogP contribution in [0.1, 0.15) is 13.3 Å². The number of halogens is 2. The van der Waals surface area contributed by atoms with Gasteiger partial charge in [-0.25, -0.2) is 4.39 Å². The maximum Gasteiger partial charge on any atom is 0.238 e. The summed E-state index contributed by atoms with van der Waals surface area (Å²) < 4.78 is 19.6. The summed E-state index contributed by atoms with van der Waals surface area (Å²) in [6.45, 7) is 3.01. The quantitative estimate of drug-likeness (QED) is 0.606. The summed E-state index contributed by atoms with van der Waals surface area (Å²) in [6, 6.07) is 11.6. The van der Waals surface area contributed by atoms with Crippen molar-refractivity contribution >= 4 is 39.1 Å². The number of benzene rings is 2. The van der Waals surface area contributed by atoms with Crippen LogP contribution in [0.25, 0.3) is 0 Å². The van der Waals surface area contributed by atoms with E-state index in [4.69, 9.17) is 4.74 Å². The van der Waals surface area contributed by atoms with Gasteiger partial charge in [-0.1, -0.05) is 35.0 Å². The van der Waals surface area contributed by atoms with E-state index in [9.17, 15) is 14.0 Å². The Morgan fingerprint density at radius 1 is 1.11 bits per heavy atom. The van der Waals surface area contributed by atoms with Crippen LogP contribution in [0.15, 0.2) is 46.9 Å². The van der Waals surface area contributed by atoms with Crippen LogP contribution in [0, 0.1) is 5.82 Å². The van der Waals surface area contributed by atoms with Gasteiger partial charge in [0.2, 0.25) is 11.8 Å². The normalized spacial score (nSPS) is 10.6. The fraction of sp³-hybridized carbons (Fsp3) is 0.300. The van der Waals surface area contributed by atoms with E-state index < -0.39 is 5.82 Å². The van der Waals surface area contributed by atoms with E-state index in [1.54, 1.807) is 24.3 Å². The monoisotopic (exact) mass is 451 g/mol. The highest BCUT2D eigenvalue weighted by Crippen LogP contribution is 2.23. The van der Waals surface area contributed by atoms with Gasteiger partial charge in [-0.2, -0.15) is 0 Å². The third-order valence-electron chi connectivity index (χ3n) is 4.06. The lowest BCUT2D eigenvalue weighted by atomic mass is 10.2. The Balaban J connectivity index is 1.84. The molecule has 0 spiro atoms. The molecule has 6 nitrogen and oxygen atoms in total. The largest absolute Gasteiger partial charge is 0.495 e. The van der Waals surface area contributed by atoms with Gasteiger partial charge < -0.3 is 15.4 Å². The van der Waals surface area contributed by atoms with Crippen LogP contribution >= 0.6 is 15.9 Å². The average molecular weight is 452 g/mol. The number of nitrogens with one attached hydrogen (secondary N) is 2. The topological polar surface area (TPSA) is 70.7 Å². The Hall–Kier alpha value is -2.45. The third kappa shape index (κ3) is 6.61. The zero-order chi connectivity index (χ0) is 20.5. The van der Waals surface area contributed by atoms with E-state index in [1.165, 1.54) is 19.2 Å². The first-order chi connectivity index (χ1) is 13.4. The molecule has 0 aromatic heterocycles. The van der Waals surface area contributed by atoms with Crippen LogP contribution < -0.4 is 15.4 Å². The minimum atomic E-state index is -0.508. The molecular weight excluding hydrogens is 429 g/mol. The van der Waals surface area contributed by atoms with Crippen LogP contribution in [0.5, 0.6) is 5.75 Å². The molecule has 2 rings (SSSR count). The van der Waals surface area contributed by atoms with Crippen LogP contribution in [-0.4, -0.2) is 43.5 Å². The van der Waals surface area contributed by atoms with Gasteiger partial charge in [0.05, 0.1) is 25.0 Å². The molecule has 2 aromatic rings. The molecule has 2 aromatic carbocycles. The molecule has 0 heterocycles. The van der Waals surface area contributed by atoms with Gasteiger partial charge in [-0.3, -0.25) is 14.5 Å². The van der Waals surface area contributed by atoms with Crippen molar-refractivity contribution in [3.05, 3.63) is 52.8 Å². The number of ether oxygens (including phenoxy) is 1. The number of rotatable bonds is 9. The van der Waals surface area contributed by atoms with Crippen molar-refractivity contribution < 1.29 is 18.7 Å². The summed E-state index contributed by atoms with van der Waals surface area (Å²) in [5.41, 5.74) is 0.722. The number of para-hydroxylation sites is 2. The summed E-state index contributed by atoms with van der Waals surface area (Å²) in [4.78, 5) is 26.2. The molecule has 8 heteroatoms. The van der Waals surface area contributed by atoms with Crippen molar-refractivity contribution in [2.24, 2.45) is 0 Å². The van der Waals surface area contributed by atoms with E-state index in [0.717, 1.165) is 0 Å². The summed E-state index contributed by atoms with van der Waals surface area (Å²) in [5, 5.41) is 5.35. The van der Waals surface area contributed by atoms with E-state index in [-0.39, 0.29) is 30.5 Å². The van der Waals surface area contributed by atoms with Crippen LogP contribution in [0.4, 0.5) is 15.8 Å². The zero-order valence-corrected chi connectivity index (χ0v) is 17.4. The van der Waals surface area contributed by atoms with Gasteiger partial charge in [0.1, 0.15) is 11.6 Å². The number of hydrogen-bond donors (Lipinski definition) is 2. The highest BCUT2D eigenvalue weighted by atomic mass is 79.9. The van der Waals surface area contributed by atoms with Crippen LogP contribution in [0.3, 0.4) is 0 Å². The number of nitrogens with zero attached hydrogens (tertiary/aromatic N) is 1. The molecule has 0 aliphatic carbocycles. The molecule has 0 saturated heterocycles. The van der Waals surface area contributed by atoms with Gasteiger partial charge in [-0.15, -0.1) is 0 Å². The van der Waals surface area contributed by atoms with Gasteiger partial charge in [0.15, 0.2) is 0 Å². The number of hydrogen-bond acceptors (Lipinski definition) is 4. The number of likely N-dealkylation sites (N-methyl/N-ethyl adjacent to an activating group) is 1. The lowest BCUT2D eigenvalue weighted by molar-refractivity contribution is -0.119. The maximum atomic E-state index is 13.8. The Labute approximate surface area is 172 Å². The molecular formula is C20H23BrFN3O3. The van der Waals surface area contributed by atoms with Gasteiger partial charge in [-0.05, 0) is 36.9 Å². The number of methoxy groups -OCH3 is 1. The fourth-order valence-electron chi connectivity index (χ4n) is 2.55. The Morgan fingerprint density at radius 2 is 1.82 bits per heavy atom. The summed E-state index contributed by atoms with van der Waals surface area (Å²) >= 11 is 3.17. The van der Waals surface area contributed by atoms with Crippen molar-refractivity contribution in [1.82, 2.24) is 4.90 Å². The minimum Gasteiger partial charge on any atom is -0.495 e. The predicted molar refractivity (Wildman–Crippen MR) is 111 cm³/mol. The van der Waals surface area contributed by atoms with Gasteiger partial charge in [0, 0.05) is 17.4 Å². The second-order valence-corrected chi connectivity index (χ2v) is 6.96. The molecule has 0 fully saturated rings. The van der Waals surface area contributed by atoms with E-state index in [2.05, 4.69) is 26.6 Å². The molecule has 28 heavy (non-hydrogen) atoms. The molecule has 2 amide bonds. The van der Waals surface area contributed by atoms with Crippen LogP contribution in [0.2, 0.25) is 0 Å². The lowest BCUT2D eigenvalue weighted by Gasteiger charge is -2.20. The summed E-state index contributed by atoms with van der Waals surface area (Å²) in [7, 11) is 1.54. The van der Waals surface area contributed by atoms with E-state index >= 15 is 0 Å². The maximum absolute atomic E-state index is 13.8. The second kappa shape index (κ2) is 10.8. The van der Waals surface area contributed by atoms with Crippen molar-refractivity contribution in [3.63, 3.8) is 0 Å². The molecule has 0 radical (unpaired) electrons. The van der Waals surface area contributed by atoms with Crippen molar-refractivity contribution in [1.29, 1.82) is 0 Å². The lowest BCUT2D eigenvalue weighted by Crippen LogP contribution is -2.35. The Bertz CT molecular complexity index is 832. The highest BCUT2D eigenvalue weighted by molar-refractivity contribution is 9.10. The first kappa shape index (κ1) is 21.8. The SMILES string of the molecule is CCN(CCC(=O)Nc1ccc(Br)cc1F)CC(=O)Nc1ccccc1OC. The first-order valence-corrected chi connectivity index (χ1v) is 9.62. The molecule has 2 N–H and O–H groups in total. The van der Waals surface area contributed by atoms with Gasteiger partial charge in [0.25, 0.3) is 0 Å². The first-order valence-electron chi connectivity index (χ1n) is 8.83. The predicted octanol–water partition coefficient (Wildman–Crippen LogP) is 3.89. The summed E-state index contributed by atoms with van der Waals surface area (Å²) in [6.07, 6.45) is 0.144. The molecule has 0 bridgehead atoms. The number of carbonyl (C=O) groups is 2. The molecule has 0 aliphatic heterocycles. The molecule has 0 unspecified atom stereocenters. The fourth-order valence-corrected chi connectivity index (χ4v) is 2.89. The standard InChI is InChI=1S/C20H23BrFN3O3/c1-3-25(13-20(27)24-17-6-4-5-7-18(17)28-2)11-10-19(26)23-16-9-8-14(21)12-15(16)22/h4-9,12H,3,10-11,13H2,1-2H3,(H,23,26)(H,24,27). The number of carbonyl (C=O) groups excluding carboxylic acids is 2. The average Bonchev–Trinajstić information content (AvgIpc) is 2.67. The van der Waals surface area contributed by atoms with Crippen molar-refractivity contribution in [2.45, 2.75) is 13.3 Å². The molecule has 150 valence electrons. The van der Waals surface area contributed by atoms with E-state index in [1.807, 2.05) is 17.9 Å². The van der Waals surface area contributed by atoms with Crippen molar-refractivity contribution in [2.75, 3.05) is 37.4 Å². The second-order valence-electron chi connectivity index (χ2n) is 6.04. The smallest absolute Gasteiger partial charge is 0.238 e. The van der Waals surface area contributed by atoms with E-state index in [0.29, 0.717) is 29.0 Å². The van der Waals surface area contributed by atoms with Gasteiger partial charge >= 0.3 is 0 Å². The molecule has 0 aliphatic rings. The number of amides is 2. The number of anilines is 2.